The molecule has 130 valence electrons. The zero-order chi connectivity index (χ0) is 18.5. The van der Waals surface area contributed by atoms with Crippen LogP contribution in [-0.2, 0) is 0 Å². The fourth-order valence-corrected chi connectivity index (χ4v) is 2.45. The minimum absolute atomic E-state index is 0.0947. The van der Waals surface area contributed by atoms with Gasteiger partial charge in [0.15, 0.2) is 0 Å². The fourth-order valence-electron chi connectivity index (χ4n) is 2.45. The van der Waals surface area contributed by atoms with Crippen molar-refractivity contribution in [2.45, 2.75) is 0 Å². The van der Waals surface area contributed by atoms with Crippen LogP contribution in [0.3, 0.4) is 0 Å². The van der Waals surface area contributed by atoms with E-state index < -0.39 is 5.97 Å². The van der Waals surface area contributed by atoms with Crippen molar-refractivity contribution in [2.24, 2.45) is 0 Å². The van der Waals surface area contributed by atoms with Gasteiger partial charge in [-0.2, -0.15) is 0 Å². The lowest BCUT2D eigenvalue weighted by molar-refractivity contribution is 0.0698. The third-order valence-electron chi connectivity index (χ3n) is 3.71. The van der Waals surface area contributed by atoms with Crippen LogP contribution >= 0.6 is 0 Å². The number of aromatic carboxylic acids is 1. The van der Waals surface area contributed by atoms with Gasteiger partial charge in [-0.1, -0.05) is 30.4 Å². The SMILES string of the molecule is O=C(O)c1ccc(C=Cc2cccc(F)c2)cc1Nc1ccc(F)cc1. The van der Waals surface area contributed by atoms with Crippen LogP contribution in [0, 0.1) is 11.6 Å². The van der Waals surface area contributed by atoms with Crippen molar-refractivity contribution >= 4 is 29.5 Å². The molecule has 3 nitrogen and oxygen atoms in total. The van der Waals surface area contributed by atoms with Gasteiger partial charge in [0, 0.05) is 5.69 Å². The highest BCUT2D eigenvalue weighted by Gasteiger charge is 2.10. The zero-order valence-electron chi connectivity index (χ0n) is 13.6. The van der Waals surface area contributed by atoms with Gasteiger partial charge in [0.05, 0.1) is 11.3 Å². The minimum atomic E-state index is -1.07. The summed E-state index contributed by atoms with van der Waals surface area (Å²) in [4.78, 5) is 11.4. The standard InChI is InChI=1S/C21H15F2NO2/c22-16-7-9-18(10-8-16)24-20-13-15(6-11-19(20)21(25)26)5-4-14-2-1-3-17(23)12-14/h1-13,24H,(H,25,26). The van der Waals surface area contributed by atoms with Crippen molar-refractivity contribution in [1.29, 1.82) is 0 Å². The number of hydrogen-bond acceptors (Lipinski definition) is 2. The van der Waals surface area contributed by atoms with Crippen molar-refractivity contribution in [3.63, 3.8) is 0 Å². The summed E-state index contributed by atoms with van der Waals surface area (Å²) < 4.78 is 26.3. The Morgan fingerprint density at radius 3 is 2.19 bits per heavy atom. The Labute approximate surface area is 149 Å². The molecule has 3 aromatic carbocycles. The second-order valence-corrected chi connectivity index (χ2v) is 5.63. The molecule has 0 heterocycles. The van der Waals surface area contributed by atoms with Gasteiger partial charge < -0.3 is 10.4 Å². The van der Waals surface area contributed by atoms with Crippen molar-refractivity contribution in [3.05, 3.63) is 95.1 Å². The summed E-state index contributed by atoms with van der Waals surface area (Å²) >= 11 is 0. The highest BCUT2D eigenvalue weighted by Crippen LogP contribution is 2.24. The van der Waals surface area contributed by atoms with E-state index in [0.29, 0.717) is 16.9 Å². The molecule has 2 N–H and O–H groups in total. The van der Waals surface area contributed by atoms with Crippen LogP contribution in [0.5, 0.6) is 0 Å². The van der Waals surface area contributed by atoms with E-state index >= 15 is 0 Å². The average molecular weight is 351 g/mol. The van der Waals surface area contributed by atoms with Gasteiger partial charge in [-0.15, -0.1) is 0 Å². The predicted octanol–water partition coefficient (Wildman–Crippen LogP) is 5.58. The number of hydrogen-bond donors (Lipinski definition) is 2. The maximum atomic E-state index is 13.2. The number of halogens is 2. The van der Waals surface area contributed by atoms with Gasteiger partial charge in [-0.25, -0.2) is 13.6 Å². The maximum Gasteiger partial charge on any atom is 0.337 e. The predicted molar refractivity (Wildman–Crippen MR) is 98.4 cm³/mol. The summed E-state index contributed by atoms with van der Waals surface area (Å²) in [6.45, 7) is 0. The highest BCUT2D eigenvalue weighted by atomic mass is 19.1. The second kappa shape index (κ2) is 7.61. The van der Waals surface area contributed by atoms with Crippen LogP contribution in [0.1, 0.15) is 21.5 Å². The van der Waals surface area contributed by atoms with E-state index in [9.17, 15) is 18.7 Å². The van der Waals surface area contributed by atoms with Crippen LogP contribution in [0.4, 0.5) is 20.2 Å². The van der Waals surface area contributed by atoms with Crippen LogP contribution in [0.15, 0.2) is 66.7 Å². The fraction of sp³-hybridized carbons (Fsp3) is 0. The molecule has 0 fully saturated rings. The van der Waals surface area contributed by atoms with Crippen LogP contribution in [0.25, 0.3) is 12.2 Å². The van der Waals surface area contributed by atoms with E-state index in [-0.39, 0.29) is 17.2 Å². The molecule has 0 amide bonds. The Morgan fingerprint density at radius 1 is 0.846 bits per heavy atom. The number of carboxylic acid groups (broad SMARTS) is 1. The summed E-state index contributed by atoms with van der Waals surface area (Å²) in [5.74, 6) is -1.77. The van der Waals surface area contributed by atoms with Gasteiger partial charge >= 0.3 is 5.97 Å². The lowest BCUT2D eigenvalue weighted by Gasteiger charge is -2.11. The number of benzene rings is 3. The van der Waals surface area contributed by atoms with Crippen molar-refractivity contribution < 1.29 is 18.7 Å². The molecule has 0 saturated heterocycles. The quantitative estimate of drug-likeness (QED) is 0.590. The lowest BCUT2D eigenvalue weighted by atomic mass is 10.1. The molecule has 3 rings (SSSR count). The van der Waals surface area contributed by atoms with Crippen LogP contribution in [0.2, 0.25) is 0 Å². The van der Waals surface area contributed by atoms with E-state index in [1.54, 1.807) is 36.4 Å². The van der Waals surface area contributed by atoms with E-state index in [1.165, 1.54) is 42.5 Å². The first-order chi connectivity index (χ1) is 12.5. The Kier molecular flexibility index (Phi) is 5.08. The monoisotopic (exact) mass is 351 g/mol. The number of nitrogens with one attached hydrogen (secondary N) is 1. The van der Waals surface area contributed by atoms with Gasteiger partial charge in [0.25, 0.3) is 0 Å². The Bertz CT molecular complexity index is 966. The molecule has 0 aromatic heterocycles. The molecule has 0 atom stereocenters. The van der Waals surface area contributed by atoms with Crippen molar-refractivity contribution in [3.8, 4) is 0 Å². The normalized spacial score (nSPS) is 10.8. The number of carbonyl (C=O) groups is 1. The van der Waals surface area contributed by atoms with Gasteiger partial charge in [0.1, 0.15) is 11.6 Å². The Morgan fingerprint density at radius 2 is 1.54 bits per heavy atom. The van der Waals surface area contributed by atoms with Crippen LogP contribution < -0.4 is 5.32 Å². The first-order valence-electron chi connectivity index (χ1n) is 7.85. The third kappa shape index (κ3) is 4.33. The minimum Gasteiger partial charge on any atom is -0.478 e. The molecule has 0 spiro atoms. The topological polar surface area (TPSA) is 49.3 Å². The second-order valence-electron chi connectivity index (χ2n) is 5.63. The molecule has 3 aromatic rings. The van der Waals surface area contributed by atoms with Crippen LogP contribution in [-0.4, -0.2) is 11.1 Å². The summed E-state index contributed by atoms with van der Waals surface area (Å²) in [6, 6.07) is 16.6. The molecule has 0 aliphatic rings. The van der Waals surface area contributed by atoms with Gasteiger partial charge in [-0.3, -0.25) is 0 Å². The number of anilines is 2. The molecule has 0 saturated carbocycles. The van der Waals surface area contributed by atoms with E-state index in [0.717, 1.165) is 5.56 Å². The highest BCUT2D eigenvalue weighted by molar-refractivity contribution is 5.96. The molecule has 5 heteroatoms. The van der Waals surface area contributed by atoms with Gasteiger partial charge in [0.2, 0.25) is 0 Å². The molecule has 0 unspecified atom stereocenters. The van der Waals surface area contributed by atoms with Crippen molar-refractivity contribution in [2.75, 3.05) is 5.32 Å². The van der Waals surface area contributed by atoms with E-state index in [1.807, 2.05) is 0 Å². The van der Waals surface area contributed by atoms with Crippen molar-refractivity contribution in [1.82, 2.24) is 0 Å². The third-order valence-corrected chi connectivity index (χ3v) is 3.71. The summed E-state index contributed by atoms with van der Waals surface area (Å²) in [5, 5.41) is 12.3. The smallest absolute Gasteiger partial charge is 0.337 e. The van der Waals surface area contributed by atoms with Gasteiger partial charge in [-0.05, 0) is 59.7 Å². The molecule has 0 aliphatic carbocycles. The molecular formula is C21H15F2NO2. The summed E-state index contributed by atoms with van der Waals surface area (Å²) in [6.07, 6.45) is 3.50. The van der Waals surface area contributed by atoms with E-state index in [2.05, 4.69) is 5.32 Å². The molecular weight excluding hydrogens is 336 g/mol. The maximum absolute atomic E-state index is 13.2. The molecule has 0 aliphatic heterocycles. The lowest BCUT2D eigenvalue weighted by Crippen LogP contribution is -2.03. The largest absolute Gasteiger partial charge is 0.478 e. The number of carboxylic acids is 1. The molecule has 0 radical (unpaired) electrons. The Hall–Kier alpha value is -3.47. The first-order valence-corrected chi connectivity index (χ1v) is 7.85. The summed E-state index contributed by atoms with van der Waals surface area (Å²) in [7, 11) is 0. The zero-order valence-corrected chi connectivity index (χ0v) is 13.6. The van der Waals surface area contributed by atoms with E-state index in [4.69, 9.17) is 0 Å². The molecule has 0 bridgehead atoms. The summed E-state index contributed by atoms with van der Waals surface area (Å²) in [5.41, 5.74) is 2.48. The Balaban J connectivity index is 1.90. The molecule has 26 heavy (non-hydrogen) atoms. The average Bonchev–Trinajstić information content (AvgIpc) is 2.62. The first kappa shape index (κ1) is 17.4. The number of rotatable bonds is 5.